The van der Waals surface area contributed by atoms with Crippen molar-refractivity contribution in [2.45, 2.75) is 24.8 Å². The topological polar surface area (TPSA) is 38.3 Å². The lowest BCUT2D eigenvalue weighted by atomic mass is 10.2. The fourth-order valence-corrected chi connectivity index (χ4v) is 2.70. The zero-order valence-corrected chi connectivity index (χ0v) is 14.2. The van der Waals surface area contributed by atoms with Gasteiger partial charge < -0.3 is 10.1 Å². The third kappa shape index (κ3) is 5.18. The zero-order chi connectivity index (χ0) is 16.7. The lowest BCUT2D eigenvalue weighted by molar-refractivity contribution is -0.122. The van der Waals surface area contributed by atoms with Crippen molar-refractivity contribution in [3.63, 3.8) is 0 Å². The molecule has 0 aromatic heterocycles. The van der Waals surface area contributed by atoms with E-state index < -0.39 is 6.10 Å². The molecule has 2 aromatic carbocycles. The van der Waals surface area contributed by atoms with E-state index in [0.717, 1.165) is 21.9 Å². The highest BCUT2D eigenvalue weighted by molar-refractivity contribution is 7.99. The third-order valence-electron chi connectivity index (χ3n) is 3.20. The summed E-state index contributed by atoms with van der Waals surface area (Å²) in [5.41, 5.74) is 1.95. The number of thioether (sulfide) groups is 1. The van der Waals surface area contributed by atoms with Crippen molar-refractivity contribution in [2.75, 3.05) is 11.1 Å². The maximum Gasteiger partial charge on any atom is 0.265 e. The molecule has 0 aliphatic heterocycles. The molecule has 1 atom stereocenters. The van der Waals surface area contributed by atoms with Crippen LogP contribution in [0, 0.1) is 6.92 Å². The number of amides is 1. The Morgan fingerprint density at radius 1 is 1.26 bits per heavy atom. The number of hydrogen-bond acceptors (Lipinski definition) is 3. The molecule has 2 rings (SSSR count). The number of carbonyl (C=O) groups is 1. The predicted octanol–water partition coefficient (Wildman–Crippen LogP) is 4.68. The SMILES string of the molecule is C=CCSc1ccccc1NC(=O)C(C)Oc1ccc(C)cc1. The molecular weight excluding hydrogens is 306 g/mol. The molecule has 120 valence electrons. The van der Waals surface area contributed by atoms with Crippen LogP contribution >= 0.6 is 11.8 Å². The Balaban J connectivity index is 2.00. The minimum absolute atomic E-state index is 0.169. The number of aryl methyl sites for hydroxylation is 1. The van der Waals surface area contributed by atoms with Gasteiger partial charge in [-0.15, -0.1) is 18.3 Å². The van der Waals surface area contributed by atoms with Gasteiger partial charge in [-0.3, -0.25) is 4.79 Å². The number of hydrogen-bond donors (Lipinski definition) is 1. The van der Waals surface area contributed by atoms with E-state index in [1.54, 1.807) is 18.7 Å². The van der Waals surface area contributed by atoms with E-state index in [9.17, 15) is 4.79 Å². The van der Waals surface area contributed by atoms with Gasteiger partial charge in [0.25, 0.3) is 5.91 Å². The summed E-state index contributed by atoms with van der Waals surface area (Å²) < 4.78 is 5.69. The summed E-state index contributed by atoms with van der Waals surface area (Å²) >= 11 is 1.63. The Kier molecular flexibility index (Phi) is 6.29. The van der Waals surface area contributed by atoms with Crippen molar-refractivity contribution >= 4 is 23.4 Å². The van der Waals surface area contributed by atoms with E-state index in [-0.39, 0.29) is 5.91 Å². The largest absolute Gasteiger partial charge is 0.481 e. The van der Waals surface area contributed by atoms with E-state index in [1.165, 1.54) is 0 Å². The van der Waals surface area contributed by atoms with E-state index in [2.05, 4.69) is 11.9 Å². The number of anilines is 1. The second-order valence-electron chi connectivity index (χ2n) is 5.16. The fraction of sp³-hybridized carbons (Fsp3) is 0.211. The molecule has 1 unspecified atom stereocenters. The van der Waals surface area contributed by atoms with Gasteiger partial charge in [0.05, 0.1) is 5.69 Å². The molecule has 3 nitrogen and oxygen atoms in total. The number of benzene rings is 2. The Bertz CT molecular complexity index is 667. The highest BCUT2D eigenvalue weighted by Gasteiger charge is 2.16. The van der Waals surface area contributed by atoms with Crippen LogP contribution in [0.3, 0.4) is 0 Å². The van der Waals surface area contributed by atoms with Crippen LogP contribution in [0.15, 0.2) is 66.1 Å². The third-order valence-corrected chi connectivity index (χ3v) is 4.27. The molecule has 0 heterocycles. The van der Waals surface area contributed by atoms with Crippen molar-refractivity contribution in [1.82, 2.24) is 0 Å². The minimum Gasteiger partial charge on any atom is -0.481 e. The van der Waals surface area contributed by atoms with E-state index >= 15 is 0 Å². The Morgan fingerprint density at radius 3 is 2.65 bits per heavy atom. The van der Waals surface area contributed by atoms with Crippen LogP contribution in [0.25, 0.3) is 0 Å². The summed E-state index contributed by atoms with van der Waals surface area (Å²) in [6, 6.07) is 15.4. The van der Waals surface area contributed by atoms with Crippen molar-refractivity contribution in [1.29, 1.82) is 0 Å². The Hall–Kier alpha value is -2.20. The van der Waals surface area contributed by atoms with Crippen LogP contribution in [0.1, 0.15) is 12.5 Å². The predicted molar refractivity (Wildman–Crippen MR) is 97.3 cm³/mol. The molecule has 1 N–H and O–H groups in total. The maximum atomic E-state index is 12.3. The van der Waals surface area contributed by atoms with Crippen LogP contribution in [-0.2, 0) is 4.79 Å². The molecule has 23 heavy (non-hydrogen) atoms. The highest BCUT2D eigenvalue weighted by atomic mass is 32.2. The van der Waals surface area contributed by atoms with Gasteiger partial charge in [0.2, 0.25) is 0 Å². The first-order valence-corrected chi connectivity index (χ1v) is 8.45. The summed E-state index contributed by atoms with van der Waals surface area (Å²) in [7, 11) is 0. The maximum absolute atomic E-state index is 12.3. The van der Waals surface area contributed by atoms with E-state index in [1.807, 2.05) is 61.5 Å². The molecule has 2 aromatic rings. The van der Waals surface area contributed by atoms with Gasteiger partial charge in [-0.25, -0.2) is 0 Å². The summed E-state index contributed by atoms with van der Waals surface area (Å²) in [6.45, 7) is 7.48. The van der Waals surface area contributed by atoms with E-state index in [0.29, 0.717) is 5.75 Å². The second kappa shape index (κ2) is 8.44. The van der Waals surface area contributed by atoms with Crippen LogP contribution in [-0.4, -0.2) is 17.8 Å². The number of nitrogens with one attached hydrogen (secondary N) is 1. The van der Waals surface area contributed by atoms with Gasteiger partial charge in [-0.2, -0.15) is 0 Å². The number of ether oxygens (including phenoxy) is 1. The summed E-state index contributed by atoms with van der Waals surface area (Å²) in [5, 5.41) is 2.93. The van der Waals surface area contributed by atoms with Gasteiger partial charge >= 0.3 is 0 Å². The first-order chi connectivity index (χ1) is 11.1. The average molecular weight is 327 g/mol. The molecule has 0 bridgehead atoms. The summed E-state index contributed by atoms with van der Waals surface area (Å²) in [6.07, 6.45) is 1.27. The molecule has 0 aliphatic rings. The fourth-order valence-electron chi connectivity index (χ4n) is 1.95. The lowest BCUT2D eigenvalue weighted by Gasteiger charge is -2.16. The molecule has 1 amide bonds. The quantitative estimate of drug-likeness (QED) is 0.593. The first-order valence-electron chi connectivity index (χ1n) is 7.47. The molecule has 0 spiro atoms. The minimum atomic E-state index is -0.574. The number of carbonyl (C=O) groups excluding carboxylic acids is 1. The molecule has 0 saturated heterocycles. The Labute approximate surface area is 141 Å². The molecule has 0 radical (unpaired) electrons. The number of para-hydroxylation sites is 1. The Morgan fingerprint density at radius 2 is 1.96 bits per heavy atom. The second-order valence-corrected chi connectivity index (χ2v) is 6.22. The smallest absolute Gasteiger partial charge is 0.265 e. The van der Waals surface area contributed by atoms with Gasteiger partial charge in [0.1, 0.15) is 5.75 Å². The zero-order valence-electron chi connectivity index (χ0n) is 13.4. The van der Waals surface area contributed by atoms with E-state index in [4.69, 9.17) is 4.74 Å². The van der Waals surface area contributed by atoms with Crippen molar-refractivity contribution in [2.24, 2.45) is 0 Å². The van der Waals surface area contributed by atoms with Gasteiger partial charge in [-0.05, 0) is 38.1 Å². The summed E-state index contributed by atoms with van der Waals surface area (Å²) in [4.78, 5) is 13.4. The van der Waals surface area contributed by atoms with Crippen molar-refractivity contribution in [3.8, 4) is 5.75 Å². The molecule has 0 aliphatic carbocycles. The van der Waals surface area contributed by atoms with Crippen molar-refractivity contribution in [3.05, 3.63) is 66.7 Å². The van der Waals surface area contributed by atoms with Crippen LogP contribution in [0.2, 0.25) is 0 Å². The van der Waals surface area contributed by atoms with Gasteiger partial charge in [0, 0.05) is 10.6 Å². The summed E-state index contributed by atoms with van der Waals surface area (Å²) in [5.74, 6) is 1.31. The average Bonchev–Trinajstić information content (AvgIpc) is 2.56. The number of rotatable bonds is 7. The van der Waals surface area contributed by atoms with Gasteiger partial charge in [0.15, 0.2) is 6.10 Å². The molecular formula is C19H21NO2S. The van der Waals surface area contributed by atoms with Crippen LogP contribution in [0.4, 0.5) is 5.69 Å². The first kappa shape index (κ1) is 17.2. The monoisotopic (exact) mass is 327 g/mol. The lowest BCUT2D eigenvalue weighted by Crippen LogP contribution is -2.30. The molecule has 0 saturated carbocycles. The highest BCUT2D eigenvalue weighted by Crippen LogP contribution is 2.27. The van der Waals surface area contributed by atoms with Crippen molar-refractivity contribution < 1.29 is 9.53 Å². The normalized spacial score (nSPS) is 11.6. The van der Waals surface area contributed by atoms with Gasteiger partial charge in [-0.1, -0.05) is 35.9 Å². The standard InChI is InChI=1S/C19H21NO2S/c1-4-13-23-18-8-6-5-7-17(18)20-19(21)15(3)22-16-11-9-14(2)10-12-16/h4-12,15H,1,13H2,2-3H3,(H,20,21). The van der Waals surface area contributed by atoms with Crippen LogP contribution in [0.5, 0.6) is 5.75 Å². The molecule has 4 heteroatoms. The van der Waals surface area contributed by atoms with Crippen LogP contribution < -0.4 is 10.1 Å². The molecule has 0 fully saturated rings.